The summed E-state index contributed by atoms with van der Waals surface area (Å²) in [6.07, 6.45) is 2.78. The second-order valence-corrected chi connectivity index (χ2v) is 5.89. The Kier molecular flexibility index (Phi) is 5.08. The van der Waals surface area contributed by atoms with Crippen molar-refractivity contribution in [3.63, 3.8) is 0 Å². The van der Waals surface area contributed by atoms with E-state index in [1.165, 1.54) is 5.56 Å². The number of hydrogen-bond acceptors (Lipinski definition) is 5. The number of amides is 1. The second-order valence-electron chi connectivity index (χ2n) is 5.89. The summed E-state index contributed by atoms with van der Waals surface area (Å²) in [7, 11) is 0. The van der Waals surface area contributed by atoms with Crippen molar-refractivity contribution in [3.8, 4) is 6.19 Å². The van der Waals surface area contributed by atoms with Crippen molar-refractivity contribution in [3.05, 3.63) is 47.7 Å². The molecular formula is C17H20N6O. The van der Waals surface area contributed by atoms with Crippen molar-refractivity contribution in [2.24, 2.45) is 5.92 Å². The molecule has 2 heterocycles. The van der Waals surface area contributed by atoms with Crippen LogP contribution in [0.5, 0.6) is 0 Å². The SMILES string of the molecule is N#CN1CC[C@H](C(=O)Nc2cc(CNCc3ccccc3)[nH]n2)C1. The minimum atomic E-state index is -0.152. The molecule has 0 spiro atoms. The van der Waals surface area contributed by atoms with Gasteiger partial charge in [-0.1, -0.05) is 30.3 Å². The number of carbonyl (C=O) groups excluding carboxylic acids is 1. The number of aromatic nitrogens is 2. The topological polar surface area (TPSA) is 96.8 Å². The molecule has 0 aliphatic carbocycles. The van der Waals surface area contributed by atoms with Crippen LogP contribution in [0, 0.1) is 17.4 Å². The molecule has 1 aromatic carbocycles. The predicted molar refractivity (Wildman–Crippen MR) is 89.5 cm³/mol. The number of aromatic amines is 1. The van der Waals surface area contributed by atoms with E-state index >= 15 is 0 Å². The number of carbonyl (C=O) groups is 1. The molecule has 1 aliphatic heterocycles. The molecule has 0 saturated carbocycles. The summed E-state index contributed by atoms with van der Waals surface area (Å²) in [6, 6.07) is 12.0. The molecule has 0 bridgehead atoms. The molecule has 1 saturated heterocycles. The number of H-pyrrole nitrogens is 1. The number of rotatable bonds is 6. The first kappa shape index (κ1) is 16.0. The molecule has 1 atom stereocenters. The van der Waals surface area contributed by atoms with E-state index in [0.717, 1.165) is 12.2 Å². The van der Waals surface area contributed by atoms with Crippen molar-refractivity contribution in [2.75, 3.05) is 18.4 Å². The van der Waals surface area contributed by atoms with Gasteiger partial charge in [0.15, 0.2) is 12.0 Å². The van der Waals surface area contributed by atoms with Gasteiger partial charge in [0.2, 0.25) is 5.91 Å². The van der Waals surface area contributed by atoms with E-state index in [4.69, 9.17) is 5.26 Å². The number of anilines is 1. The van der Waals surface area contributed by atoms with Crippen molar-refractivity contribution >= 4 is 11.7 Å². The third-order valence-electron chi connectivity index (χ3n) is 4.07. The zero-order chi connectivity index (χ0) is 16.8. The van der Waals surface area contributed by atoms with E-state index in [9.17, 15) is 4.79 Å². The van der Waals surface area contributed by atoms with E-state index in [2.05, 4.69) is 39.2 Å². The lowest BCUT2D eigenvalue weighted by molar-refractivity contribution is -0.119. The molecule has 7 nitrogen and oxygen atoms in total. The van der Waals surface area contributed by atoms with Gasteiger partial charge in [0, 0.05) is 32.2 Å². The third-order valence-corrected chi connectivity index (χ3v) is 4.07. The Labute approximate surface area is 140 Å². The van der Waals surface area contributed by atoms with Gasteiger partial charge in [-0.2, -0.15) is 10.4 Å². The van der Waals surface area contributed by atoms with Crippen LogP contribution in [0.4, 0.5) is 5.82 Å². The Morgan fingerprint density at radius 3 is 2.96 bits per heavy atom. The van der Waals surface area contributed by atoms with Crippen LogP contribution in [0.1, 0.15) is 17.7 Å². The Bertz CT molecular complexity index is 720. The van der Waals surface area contributed by atoms with Gasteiger partial charge in [-0.15, -0.1) is 0 Å². The number of nitriles is 1. The Morgan fingerprint density at radius 1 is 1.38 bits per heavy atom. The first-order valence-electron chi connectivity index (χ1n) is 7.99. The maximum atomic E-state index is 12.2. The van der Waals surface area contributed by atoms with Gasteiger partial charge in [0.05, 0.1) is 11.6 Å². The van der Waals surface area contributed by atoms with Crippen LogP contribution in [0.2, 0.25) is 0 Å². The van der Waals surface area contributed by atoms with Gasteiger partial charge >= 0.3 is 0 Å². The van der Waals surface area contributed by atoms with E-state index in [1.54, 1.807) is 4.90 Å². The van der Waals surface area contributed by atoms with E-state index in [-0.39, 0.29) is 11.8 Å². The fourth-order valence-corrected chi connectivity index (χ4v) is 2.75. The van der Waals surface area contributed by atoms with E-state index in [1.807, 2.05) is 24.3 Å². The van der Waals surface area contributed by atoms with E-state index < -0.39 is 0 Å². The molecule has 124 valence electrons. The lowest BCUT2D eigenvalue weighted by atomic mass is 10.1. The normalized spacial score (nSPS) is 16.8. The summed E-state index contributed by atoms with van der Waals surface area (Å²) in [5, 5.41) is 22.0. The quantitative estimate of drug-likeness (QED) is 0.699. The summed E-state index contributed by atoms with van der Waals surface area (Å²) in [4.78, 5) is 13.8. The van der Waals surface area contributed by atoms with Crippen LogP contribution < -0.4 is 10.6 Å². The van der Waals surface area contributed by atoms with Crippen molar-refractivity contribution in [1.29, 1.82) is 5.26 Å². The summed E-state index contributed by atoms with van der Waals surface area (Å²) in [5.41, 5.74) is 2.13. The lowest BCUT2D eigenvalue weighted by Gasteiger charge is -2.08. The highest BCUT2D eigenvalue weighted by Crippen LogP contribution is 2.17. The summed E-state index contributed by atoms with van der Waals surface area (Å²) >= 11 is 0. The number of hydrogen-bond donors (Lipinski definition) is 3. The molecule has 3 N–H and O–H groups in total. The smallest absolute Gasteiger partial charge is 0.230 e. The zero-order valence-electron chi connectivity index (χ0n) is 13.3. The summed E-state index contributed by atoms with van der Waals surface area (Å²) in [5.74, 6) is 0.288. The monoisotopic (exact) mass is 324 g/mol. The van der Waals surface area contributed by atoms with Crippen LogP contribution in [-0.2, 0) is 17.9 Å². The molecule has 1 fully saturated rings. The molecule has 1 aromatic heterocycles. The molecule has 1 aliphatic rings. The van der Waals surface area contributed by atoms with Crippen LogP contribution >= 0.6 is 0 Å². The standard InChI is InChI=1S/C17H20N6O/c18-12-23-7-6-14(11-23)17(24)20-16-8-15(21-22-16)10-19-9-13-4-2-1-3-5-13/h1-5,8,14,19H,6-7,9-11H2,(H2,20,21,22,24)/t14-/m0/s1. The maximum absolute atomic E-state index is 12.2. The van der Waals surface area contributed by atoms with Crippen molar-refractivity contribution < 1.29 is 4.79 Å². The molecule has 7 heteroatoms. The molecule has 0 unspecified atom stereocenters. The Hall–Kier alpha value is -2.85. The van der Waals surface area contributed by atoms with Gasteiger partial charge in [-0.05, 0) is 12.0 Å². The number of nitrogens with one attached hydrogen (secondary N) is 3. The Morgan fingerprint density at radius 2 is 2.21 bits per heavy atom. The van der Waals surface area contributed by atoms with Crippen LogP contribution in [0.3, 0.4) is 0 Å². The predicted octanol–water partition coefficient (Wildman–Crippen LogP) is 1.44. The molecule has 24 heavy (non-hydrogen) atoms. The maximum Gasteiger partial charge on any atom is 0.230 e. The second kappa shape index (κ2) is 7.62. The van der Waals surface area contributed by atoms with Crippen molar-refractivity contribution in [1.82, 2.24) is 20.4 Å². The lowest BCUT2D eigenvalue weighted by Crippen LogP contribution is -2.25. The summed E-state index contributed by atoms with van der Waals surface area (Å²) in [6.45, 7) is 2.54. The fourth-order valence-electron chi connectivity index (χ4n) is 2.75. The average Bonchev–Trinajstić information content (AvgIpc) is 3.25. The largest absolute Gasteiger partial charge is 0.310 e. The van der Waals surface area contributed by atoms with Crippen molar-refractivity contribution in [2.45, 2.75) is 19.5 Å². The number of likely N-dealkylation sites (tertiary alicyclic amines) is 1. The molecule has 2 aromatic rings. The molecule has 3 rings (SSSR count). The van der Waals surface area contributed by atoms with Gasteiger partial charge in [-0.25, -0.2) is 0 Å². The fraction of sp³-hybridized carbons (Fsp3) is 0.353. The van der Waals surface area contributed by atoms with Gasteiger partial charge in [-0.3, -0.25) is 9.89 Å². The summed E-state index contributed by atoms with van der Waals surface area (Å²) < 4.78 is 0. The van der Waals surface area contributed by atoms with Crippen LogP contribution in [-0.4, -0.2) is 34.1 Å². The van der Waals surface area contributed by atoms with Gasteiger partial charge < -0.3 is 15.5 Å². The zero-order valence-corrected chi connectivity index (χ0v) is 13.3. The van der Waals surface area contributed by atoms with Gasteiger partial charge in [0.1, 0.15) is 0 Å². The number of nitrogens with zero attached hydrogens (tertiary/aromatic N) is 3. The minimum absolute atomic E-state index is 0.0805. The first-order chi connectivity index (χ1) is 11.7. The molecule has 1 amide bonds. The Balaban J connectivity index is 1.45. The van der Waals surface area contributed by atoms with E-state index in [0.29, 0.717) is 31.9 Å². The highest BCUT2D eigenvalue weighted by atomic mass is 16.2. The minimum Gasteiger partial charge on any atom is -0.310 e. The molecule has 0 radical (unpaired) electrons. The van der Waals surface area contributed by atoms with Crippen LogP contribution in [0.15, 0.2) is 36.4 Å². The average molecular weight is 324 g/mol. The third kappa shape index (κ3) is 4.12. The van der Waals surface area contributed by atoms with Gasteiger partial charge in [0.25, 0.3) is 0 Å². The first-order valence-corrected chi connectivity index (χ1v) is 7.99. The highest BCUT2D eigenvalue weighted by Gasteiger charge is 2.28. The number of benzene rings is 1. The highest BCUT2D eigenvalue weighted by molar-refractivity contribution is 5.92. The molecular weight excluding hydrogens is 304 g/mol. The van der Waals surface area contributed by atoms with Crippen LogP contribution in [0.25, 0.3) is 0 Å².